The predicted molar refractivity (Wildman–Crippen MR) is 101 cm³/mol. The van der Waals surface area contributed by atoms with Gasteiger partial charge in [0.25, 0.3) is 11.2 Å². The van der Waals surface area contributed by atoms with Crippen LogP contribution < -0.4 is 10.9 Å². The van der Waals surface area contributed by atoms with Crippen LogP contribution in [0.2, 0.25) is 5.02 Å². The molecule has 1 aromatic heterocycles. The van der Waals surface area contributed by atoms with E-state index in [4.69, 9.17) is 16.3 Å². The van der Waals surface area contributed by atoms with E-state index in [1.807, 2.05) is 0 Å². The van der Waals surface area contributed by atoms with E-state index in [0.29, 0.717) is 23.9 Å². The third-order valence-electron chi connectivity index (χ3n) is 5.05. The van der Waals surface area contributed by atoms with Gasteiger partial charge in [0.2, 0.25) is 0 Å². The quantitative estimate of drug-likeness (QED) is 0.621. The lowest BCUT2D eigenvalue weighted by molar-refractivity contribution is -0.384. The number of aromatic nitrogens is 2. The van der Waals surface area contributed by atoms with E-state index in [2.05, 4.69) is 10.4 Å². The van der Waals surface area contributed by atoms with Gasteiger partial charge in [0.1, 0.15) is 5.02 Å². The van der Waals surface area contributed by atoms with Crippen molar-refractivity contribution in [1.82, 2.24) is 9.78 Å². The molecule has 2 heterocycles. The van der Waals surface area contributed by atoms with Crippen LogP contribution in [-0.4, -0.2) is 33.5 Å². The van der Waals surface area contributed by atoms with Gasteiger partial charge in [0.05, 0.1) is 28.6 Å². The van der Waals surface area contributed by atoms with Crippen molar-refractivity contribution in [3.05, 3.63) is 56.0 Å². The third-order valence-corrected chi connectivity index (χ3v) is 5.41. The van der Waals surface area contributed by atoms with E-state index < -0.39 is 10.5 Å². The molecule has 1 aromatic carbocycles. The van der Waals surface area contributed by atoms with Gasteiger partial charge in [-0.05, 0) is 43.7 Å². The van der Waals surface area contributed by atoms with Crippen LogP contribution >= 0.6 is 11.6 Å². The molecule has 1 N–H and O–H groups in total. The summed E-state index contributed by atoms with van der Waals surface area (Å²) in [5.41, 5.74) is 0.391. The average molecular weight is 391 g/mol. The highest BCUT2D eigenvalue weighted by atomic mass is 35.5. The molecule has 0 amide bonds. The van der Waals surface area contributed by atoms with Crippen molar-refractivity contribution in [2.75, 3.05) is 11.9 Å². The fourth-order valence-corrected chi connectivity index (χ4v) is 3.59. The highest BCUT2D eigenvalue weighted by Crippen LogP contribution is 2.38. The lowest BCUT2D eigenvalue weighted by Crippen LogP contribution is -2.35. The molecule has 27 heavy (non-hydrogen) atoms. The van der Waals surface area contributed by atoms with Crippen molar-refractivity contribution in [3.63, 3.8) is 0 Å². The Morgan fingerprint density at radius 3 is 2.67 bits per heavy atom. The molecule has 0 spiro atoms. The van der Waals surface area contributed by atoms with E-state index in [1.165, 1.54) is 43.3 Å². The summed E-state index contributed by atoms with van der Waals surface area (Å²) >= 11 is 6.29. The molecule has 9 heteroatoms. The Kier molecular flexibility index (Phi) is 4.84. The SMILES string of the molecule is O=c1c(Cl)c(NC2CCOC(C3CC3)C2)cnn1-c1ccc([N+](=O)[O-])cc1. The first kappa shape index (κ1) is 17.9. The Morgan fingerprint density at radius 1 is 1.26 bits per heavy atom. The van der Waals surface area contributed by atoms with Crippen LogP contribution in [0.4, 0.5) is 11.4 Å². The molecule has 0 radical (unpaired) electrons. The van der Waals surface area contributed by atoms with E-state index in [0.717, 1.165) is 17.5 Å². The summed E-state index contributed by atoms with van der Waals surface area (Å²) in [6.07, 6.45) is 6.00. The van der Waals surface area contributed by atoms with Gasteiger partial charge >= 0.3 is 0 Å². The maximum absolute atomic E-state index is 12.6. The zero-order chi connectivity index (χ0) is 19.0. The second-order valence-corrected chi connectivity index (χ2v) is 7.35. The molecule has 8 nitrogen and oxygen atoms in total. The minimum atomic E-state index is -0.497. The normalized spacial score (nSPS) is 22.4. The maximum atomic E-state index is 12.6. The smallest absolute Gasteiger partial charge is 0.292 e. The topological polar surface area (TPSA) is 99.3 Å². The molecule has 0 bridgehead atoms. The number of benzene rings is 1. The second kappa shape index (κ2) is 7.28. The lowest BCUT2D eigenvalue weighted by atomic mass is 10.00. The molecular formula is C18H19ClN4O4. The number of nitro groups is 1. The van der Waals surface area contributed by atoms with E-state index in [1.54, 1.807) is 0 Å². The Morgan fingerprint density at radius 2 is 2.00 bits per heavy atom. The number of rotatable bonds is 5. The van der Waals surface area contributed by atoms with Crippen LogP contribution in [0.25, 0.3) is 5.69 Å². The standard InChI is InChI=1S/C18H19ClN4O4/c19-17-15(21-12-7-8-27-16(9-12)11-1-2-11)10-20-22(18(17)24)13-3-5-14(6-4-13)23(25)26/h3-6,10-12,16,21H,1-2,7-9H2. The molecule has 2 fully saturated rings. The fraction of sp³-hybridized carbons (Fsp3) is 0.444. The molecule has 1 saturated heterocycles. The molecule has 2 aromatic rings. The van der Waals surface area contributed by atoms with Crippen molar-refractivity contribution < 1.29 is 9.66 Å². The van der Waals surface area contributed by atoms with Crippen LogP contribution in [0.15, 0.2) is 35.3 Å². The summed E-state index contributed by atoms with van der Waals surface area (Å²) in [5, 5.41) is 18.3. The first-order valence-electron chi connectivity index (χ1n) is 8.93. The van der Waals surface area contributed by atoms with Gasteiger partial charge in [-0.25, -0.2) is 0 Å². The molecule has 2 atom stereocenters. The van der Waals surface area contributed by atoms with Crippen molar-refractivity contribution >= 4 is 23.0 Å². The minimum absolute atomic E-state index is 0.0535. The van der Waals surface area contributed by atoms with Crippen LogP contribution in [0.3, 0.4) is 0 Å². The Labute approximate surface area is 160 Å². The van der Waals surface area contributed by atoms with Gasteiger partial charge in [-0.2, -0.15) is 9.78 Å². The maximum Gasteiger partial charge on any atom is 0.292 e. The van der Waals surface area contributed by atoms with Crippen molar-refractivity contribution in [2.24, 2.45) is 5.92 Å². The molecule has 1 aliphatic carbocycles. The number of halogens is 1. The summed E-state index contributed by atoms with van der Waals surface area (Å²) in [4.78, 5) is 22.9. The number of non-ortho nitro benzene ring substituents is 1. The van der Waals surface area contributed by atoms with Gasteiger partial charge < -0.3 is 10.1 Å². The number of ether oxygens (including phenoxy) is 1. The number of nitrogens with zero attached hydrogens (tertiary/aromatic N) is 3. The number of nitro benzene ring substituents is 1. The first-order chi connectivity index (χ1) is 13.0. The number of anilines is 1. The van der Waals surface area contributed by atoms with Crippen molar-refractivity contribution in [1.29, 1.82) is 0 Å². The van der Waals surface area contributed by atoms with Crippen molar-refractivity contribution in [2.45, 2.75) is 37.8 Å². The monoisotopic (exact) mass is 390 g/mol. The van der Waals surface area contributed by atoms with Crippen LogP contribution in [0.1, 0.15) is 25.7 Å². The molecule has 2 aliphatic rings. The van der Waals surface area contributed by atoms with Crippen LogP contribution in [0.5, 0.6) is 0 Å². The fourth-order valence-electron chi connectivity index (χ4n) is 3.41. The summed E-state index contributed by atoms with van der Waals surface area (Å²) < 4.78 is 6.96. The van der Waals surface area contributed by atoms with E-state index in [-0.39, 0.29) is 22.9 Å². The largest absolute Gasteiger partial charge is 0.379 e. The zero-order valence-corrected chi connectivity index (χ0v) is 15.3. The Balaban J connectivity index is 1.53. The van der Waals surface area contributed by atoms with Gasteiger partial charge in [0, 0.05) is 24.8 Å². The Bertz CT molecular complexity index is 911. The summed E-state index contributed by atoms with van der Waals surface area (Å²) in [6, 6.07) is 5.77. The predicted octanol–water partition coefficient (Wildman–Crippen LogP) is 3.16. The molecule has 1 saturated carbocycles. The minimum Gasteiger partial charge on any atom is -0.379 e. The molecule has 1 aliphatic heterocycles. The highest BCUT2D eigenvalue weighted by Gasteiger charge is 2.36. The van der Waals surface area contributed by atoms with Crippen molar-refractivity contribution in [3.8, 4) is 5.69 Å². The highest BCUT2D eigenvalue weighted by molar-refractivity contribution is 6.32. The number of hydrogen-bond acceptors (Lipinski definition) is 6. The van der Waals surface area contributed by atoms with Gasteiger partial charge in [-0.1, -0.05) is 11.6 Å². The summed E-state index contributed by atoms with van der Waals surface area (Å²) in [6.45, 7) is 0.698. The average Bonchev–Trinajstić information content (AvgIpc) is 3.51. The second-order valence-electron chi connectivity index (χ2n) is 6.98. The van der Waals surface area contributed by atoms with Crippen LogP contribution in [-0.2, 0) is 4.74 Å². The van der Waals surface area contributed by atoms with E-state index >= 15 is 0 Å². The molecule has 2 unspecified atom stereocenters. The van der Waals surface area contributed by atoms with Gasteiger partial charge in [-0.15, -0.1) is 0 Å². The lowest BCUT2D eigenvalue weighted by Gasteiger charge is -2.31. The van der Waals surface area contributed by atoms with Gasteiger partial charge in [-0.3, -0.25) is 14.9 Å². The number of hydrogen-bond donors (Lipinski definition) is 1. The summed E-state index contributed by atoms with van der Waals surface area (Å²) in [5.74, 6) is 0.665. The van der Waals surface area contributed by atoms with Crippen LogP contribution in [0, 0.1) is 16.0 Å². The molecule has 142 valence electrons. The van der Waals surface area contributed by atoms with Gasteiger partial charge in [0.15, 0.2) is 0 Å². The molecule has 4 rings (SSSR count). The Hall–Kier alpha value is -2.45. The zero-order valence-electron chi connectivity index (χ0n) is 14.5. The van der Waals surface area contributed by atoms with E-state index in [9.17, 15) is 14.9 Å². The summed E-state index contributed by atoms with van der Waals surface area (Å²) in [7, 11) is 0. The molecular weight excluding hydrogens is 372 g/mol. The first-order valence-corrected chi connectivity index (χ1v) is 9.31. The number of nitrogens with one attached hydrogen (secondary N) is 1. The third kappa shape index (κ3) is 3.81.